The van der Waals surface area contributed by atoms with Crippen molar-refractivity contribution >= 4 is 11.1 Å². The van der Waals surface area contributed by atoms with Crippen LogP contribution >= 0.6 is 0 Å². The molecule has 0 spiro atoms. The topological polar surface area (TPSA) is 68.4 Å². The summed E-state index contributed by atoms with van der Waals surface area (Å²) < 4.78 is 11.7. The maximum Gasteiger partial charge on any atom is 0.229 e. The second-order valence-electron chi connectivity index (χ2n) is 6.68. The highest BCUT2D eigenvalue weighted by Crippen LogP contribution is 2.32. The minimum atomic E-state index is -1.06. The number of aromatic nitrogens is 2. The molecule has 0 aliphatic heterocycles. The molecule has 5 heteroatoms. The average molecular weight is 374 g/mol. The summed E-state index contributed by atoms with van der Waals surface area (Å²) in [6.45, 7) is 4.37. The molecule has 1 N–H and O–H groups in total. The van der Waals surface area contributed by atoms with Crippen molar-refractivity contribution in [1.29, 1.82) is 0 Å². The lowest BCUT2D eigenvalue weighted by Gasteiger charge is -2.16. The molecule has 2 heterocycles. The van der Waals surface area contributed by atoms with Crippen LogP contribution in [0, 0.1) is 6.92 Å². The predicted molar refractivity (Wildman–Crippen MR) is 107 cm³/mol. The number of oxazole rings is 1. The van der Waals surface area contributed by atoms with E-state index in [1.54, 1.807) is 0 Å². The molecule has 5 nitrogen and oxygen atoms in total. The highest BCUT2D eigenvalue weighted by molar-refractivity contribution is 5.72. The smallest absolute Gasteiger partial charge is 0.229 e. The fourth-order valence-corrected chi connectivity index (χ4v) is 3.18. The zero-order valence-electron chi connectivity index (χ0n) is 15.9. The van der Waals surface area contributed by atoms with E-state index in [9.17, 15) is 5.11 Å². The van der Waals surface area contributed by atoms with Gasteiger partial charge < -0.3 is 14.3 Å². The first-order chi connectivity index (χ1) is 13.7. The van der Waals surface area contributed by atoms with Gasteiger partial charge in [-0.05, 0) is 42.7 Å². The minimum Gasteiger partial charge on any atom is -0.473 e. The molecule has 1 atom stereocenters. The van der Waals surface area contributed by atoms with E-state index in [0.29, 0.717) is 29.2 Å². The van der Waals surface area contributed by atoms with Gasteiger partial charge >= 0.3 is 0 Å². The van der Waals surface area contributed by atoms with Crippen molar-refractivity contribution in [2.24, 2.45) is 0 Å². The number of para-hydroxylation sites is 2. The fraction of sp³-hybridized carbons (Fsp3) is 0.217. The summed E-state index contributed by atoms with van der Waals surface area (Å²) in [6, 6.07) is 19.2. The zero-order chi connectivity index (χ0) is 19.5. The van der Waals surface area contributed by atoms with Crippen LogP contribution in [-0.2, 0) is 13.0 Å². The molecule has 0 aliphatic rings. The Balaban J connectivity index is 1.70. The summed E-state index contributed by atoms with van der Waals surface area (Å²) in [7, 11) is 0. The molecule has 0 radical (unpaired) electrons. The summed E-state index contributed by atoms with van der Waals surface area (Å²) in [4.78, 5) is 9.03. The molecule has 28 heavy (non-hydrogen) atoms. The van der Waals surface area contributed by atoms with Gasteiger partial charge in [-0.3, -0.25) is 0 Å². The SMILES string of the molecule is CCc1cc(C(O)c2nc3ccccc3o2)c(OCc2ccccc2)nc1C. The van der Waals surface area contributed by atoms with E-state index in [-0.39, 0.29) is 5.89 Å². The van der Waals surface area contributed by atoms with Gasteiger partial charge in [-0.25, -0.2) is 9.97 Å². The van der Waals surface area contributed by atoms with Crippen molar-refractivity contribution in [3.05, 3.63) is 88.9 Å². The molecule has 0 amide bonds. The first-order valence-electron chi connectivity index (χ1n) is 9.36. The molecule has 142 valence electrons. The molecule has 2 aromatic heterocycles. The number of pyridine rings is 1. The molecular formula is C23H22N2O3. The third-order valence-corrected chi connectivity index (χ3v) is 4.75. The van der Waals surface area contributed by atoms with Gasteiger partial charge in [0.25, 0.3) is 0 Å². The Morgan fingerprint density at radius 2 is 1.79 bits per heavy atom. The molecule has 1 unspecified atom stereocenters. The van der Waals surface area contributed by atoms with E-state index in [1.807, 2.05) is 67.6 Å². The van der Waals surface area contributed by atoms with Crippen LogP contribution in [0.4, 0.5) is 0 Å². The second kappa shape index (κ2) is 7.82. The molecule has 0 bridgehead atoms. The van der Waals surface area contributed by atoms with Gasteiger partial charge in [0.2, 0.25) is 11.8 Å². The predicted octanol–water partition coefficient (Wildman–Crippen LogP) is 4.75. The summed E-state index contributed by atoms with van der Waals surface area (Å²) >= 11 is 0. The van der Waals surface area contributed by atoms with Crippen molar-refractivity contribution in [2.75, 3.05) is 0 Å². The van der Waals surface area contributed by atoms with Crippen molar-refractivity contribution in [3.8, 4) is 5.88 Å². The maximum absolute atomic E-state index is 11.0. The van der Waals surface area contributed by atoms with Crippen LogP contribution < -0.4 is 4.74 Å². The van der Waals surface area contributed by atoms with Crippen molar-refractivity contribution in [3.63, 3.8) is 0 Å². The van der Waals surface area contributed by atoms with E-state index in [2.05, 4.69) is 16.9 Å². The summed E-state index contributed by atoms with van der Waals surface area (Å²) in [5, 5.41) is 11.0. The van der Waals surface area contributed by atoms with E-state index >= 15 is 0 Å². The number of rotatable bonds is 6. The molecule has 0 fully saturated rings. The van der Waals surface area contributed by atoms with E-state index in [1.165, 1.54) is 0 Å². The lowest BCUT2D eigenvalue weighted by molar-refractivity contribution is 0.176. The number of fused-ring (bicyclic) bond motifs is 1. The Kier molecular flexibility index (Phi) is 5.08. The summed E-state index contributed by atoms with van der Waals surface area (Å²) in [6.07, 6.45) is -0.248. The van der Waals surface area contributed by atoms with Crippen LogP contribution in [0.3, 0.4) is 0 Å². The first-order valence-corrected chi connectivity index (χ1v) is 9.36. The van der Waals surface area contributed by atoms with Gasteiger partial charge in [0.15, 0.2) is 11.7 Å². The molecule has 2 aromatic carbocycles. The number of hydrogen-bond acceptors (Lipinski definition) is 5. The first kappa shape index (κ1) is 18.2. The number of nitrogens with zero attached hydrogens (tertiary/aromatic N) is 2. The van der Waals surface area contributed by atoms with Gasteiger partial charge in [0, 0.05) is 5.69 Å². The lowest BCUT2D eigenvalue weighted by Crippen LogP contribution is -2.09. The van der Waals surface area contributed by atoms with Gasteiger partial charge in [-0.15, -0.1) is 0 Å². The Morgan fingerprint density at radius 3 is 2.54 bits per heavy atom. The number of aryl methyl sites for hydroxylation is 2. The average Bonchev–Trinajstić information content (AvgIpc) is 3.17. The number of ether oxygens (including phenoxy) is 1. The largest absolute Gasteiger partial charge is 0.473 e. The third kappa shape index (κ3) is 3.62. The van der Waals surface area contributed by atoms with E-state index in [0.717, 1.165) is 23.2 Å². The Morgan fingerprint density at radius 1 is 1.04 bits per heavy atom. The molecule has 4 aromatic rings. The van der Waals surface area contributed by atoms with E-state index in [4.69, 9.17) is 9.15 Å². The van der Waals surface area contributed by atoms with Crippen LogP contribution in [0.1, 0.15) is 41.3 Å². The summed E-state index contributed by atoms with van der Waals surface area (Å²) in [5.74, 6) is 0.631. The lowest BCUT2D eigenvalue weighted by atomic mass is 10.0. The monoisotopic (exact) mass is 374 g/mol. The number of hydrogen-bond donors (Lipinski definition) is 1. The van der Waals surface area contributed by atoms with Crippen molar-refractivity contribution in [1.82, 2.24) is 9.97 Å². The summed E-state index contributed by atoms with van der Waals surface area (Å²) in [5.41, 5.74) is 4.88. The molecule has 0 saturated heterocycles. The molecular weight excluding hydrogens is 352 g/mol. The van der Waals surface area contributed by atoms with Gasteiger partial charge in [-0.1, -0.05) is 49.4 Å². The van der Waals surface area contributed by atoms with Crippen molar-refractivity contribution < 1.29 is 14.3 Å². The molecule has 0 saturated carbocycles. The third-order valence-electron chi connectivity index (χ3n) is 4.75. The van der Waals surface area contributed by atoms with Crippen LogP contribution in [0.25, 0.3) is 11.1 Å². The highest BCUT2D eigenvalue weighted by Gasteiger charge is 2.24. The van der Waals surface area contributed by atoms with Crippen LogP contribution in [-0.4, -0.2) is 15.1 Å². The Hall–Kier alpha value is -3.18. The van der Waals surface area contributed by atoms with Crippen molar-refractivity contribution in [2.45, 2.75) is 33.0 Å². The fourth-order valence-electron chi connectivity index (χ4n) is 3.18. The molecule has 4 rings (SSSR count). The number of benzene rings is 2. The maximum atomic E-state index is 11.0. The van der Waals surface area contributed by atoms with Gasteiger partial charge in [0.05, 0.1) is 5.56 Å². The van der Waals surface area contributed by atoms with Crippen LogP contribution in [0.2, 0.25) is 0 Å². The zero-order valence-corrected chi connectivity index (χ0v) is 15.9. The Bertz CT molecular complexity index is 1060. The quantitative estimate of drug-likeness (QED) is 0.527. The van der Waals surface area contributed by atoms with Crippen LogP contribution in [0.15, 0.2) is 65.1 Å². The minimum absolute atomic E-state index is 0.235. The van der Waals surface area contributed by atoms with Crippen LogP contribution in [0.5, 0.6) is 5.88 Å². The van der Waals surface area contributed by atoms with Gasteiger partial charge in [0.1, 0.15) is 12.1 Å². The second-order valence-corrected chi connectivity index (χ2v) is 6.68. The highest BCUT2D eigenvalue weighted by atomic mass is 16.5. The standard InChI is InChI=1S/C23H22N2O3/c1-3-17-13-18(21(26)23-25-19-11-7-8-12-20(19)28-23)22(24-15(17)2)27-14-16-9-5-4-6-10-16/h4-13,21,26H,3,14H2,1-2H3. The normalized spacial score (nSPS) is 12.2. The number of aliphatic hydroxyl groups excluding tert-OH is 1. The number of aliphatic hydroxyl groups is 1. The van der Waals surface area contributed by atoms with E-state index < -0.39 is 6.10 Å². The molecule has 0 aliphatic carbocycles. The van der Waals surface area contributed by atoms with Gasteiger partial charge in [-0.2, -0.15) is 0 Å². The Labute approximate surface area is 163 Å².